The van der Waals surface area contributed by atoms with Crippen LogP contribution in [0.15, 0.2) is 30.3 Å². The van der Waals surface area contributed by atoms with Gasteiger partial charge in [-0.25, -0.2) is 0 Å². The minimum Gasteiger partial charge on any atom is -0.349 e. The molecule has 0 aliphatic rings. The van der Waals surface area contributed by atoms with Gasteiger partial charge in [0, 0.05) is 13.5 Å². The van der Waals surface area contributed by atoms with E-state index in [9.17, 15) is 9.59 Å². The molecule has 4 N–H and O–H groups in total. The zero-order chi connectivity index (χ0) is 16.6. The monoisotopic (exact) mass is 305 g/mol. The van der Waals surface area contributed by atoms with Crippen LogP contribution in [0.3, 0.4) is 0 Å². The quantitative estimate of drug-likeness (QED) is 0.685. The summed E-state index contributed by atoms with van der Waals surface area (Å²) in [6.45, 7) is 5.89. The van der Waals surface area contributed by atoms with Gasteiger partial charge in [-0.05, 0) is 18.4 Å². The largest absolute Gasteiger partial charge is 0.349 e. The van der Waals surface area contributed by atoms with Gasteiger partial charge < -0.3 is 16.4 Å². The number of hydrogen-bond acceptors (Lipinski definition) is 3. The van der Waals surface area contributed by atoms with Gasteiger partial charge >= 0.3 is 0 Å². The van der Waals surface area contributed by atoms with Crippen LogP contribution in [0.1, 0.15) is 51.6 Å². The fourth-order valence-electron chi connectivity index (χ4n) is 2.48. The molecule has 0 saturated heterocycles. The minimum absolute atomic E-state index is 0.100. The molecule has 0 radical (unpaired) electrons. The first-order valence-electron chi connectivity index (χ1n) is 7.79. The third kappa shape index (κ3) is 5.15. The summed E-state index contributed by atoms with van der Waals surface area (Å²) in [6, 6.07) is 9.17. The Morgan fingerprint density at radius 2 is 1.77 bits per heavy atom. The highest BCUT2D eigenvalue weighted by Crippen LogP contribution is 2.19. The third-order valence-electron chi connectivity index (χ3n) is 4.12. The fraction of sp³-hybridized carbons (Fsp3) is 0.529. The number of carbonyl (C=O) groups is 2. The van der Waals surface area contributed by atoms with E-state index in [1.807, 2.05) is 44.2 Å². The number of hydrogen-bond donors (Lipinski definition) is 3. The van der Waals surface area contributed by atoms with Crippen molar-refractivity contribution in [2.24, 2.45) is 5.73 Å². The van der Waals surface area contributed by atoms with Gasteiger partial charge in [0.05, 0.1) is 18.0 Å². The van der Waals surface area contributed by atoms with Crippen molar-refractivity contribution in [2.45, 2.75) is 51.6 Å². The molecule has 0 heterocycles. The molecule has 122 valence electrons. The van der Waals surface area contributed by atoms with Crippen LogP contribution in [-0.2, 0) is 9.59 Å². The van der Waals surface area contributed by atoms with E-state index in [0.717, 1.165) is 18.4 Å². The molecular formula is C17H27N3O2. The van der Waals surface area contributed by atoms with E-state index in [1.165, 1.54) is 6.92 Å². The Morgan fingerprint density at radius 1 is 1.18 bits per heavy atom. The standard InChI is InChI=1S/C17H27N3O2/c1-4-17(5-2,12-18)20-16(22)11-15(19-13(3)21)14-9-7-6-8-10-14/h6-10,15H,4-5,11-12,18H2,1-3H3,(H,19,21)(H,20,22). The van der Waals surface area contributed by atoms with E-state index in [4.69, 9.17) is 5.73 Å². The lowest BCUT2D eigenvalue weighted by Gasteiger charge is -2.32. The Labute approximate surface area is 132 Å². The predicted octanol–water partition coefficient (Wildman–Crippen LogP) is 1.89. The summed E-state index contributed by atoms with van der Waals surface area (Å²) in [5.74, 6) is -0.255. The van der Waals surface area contributed by atoms with Crippen molar-refractivity contribution >= 4 is 11.8 Å². The summed E-state index contributed by atoms with van der Waals surface area (Å²) in [6.07, 6.45) is 1.76. The summed E-state index contributed by atoms with van der Waals surface area (Å²) >= 11 is 0. The van der Waals surface area contributed by atoms with Crippen molar-refractivity contribution in [1.82, 2.24) is 10.6 Å². The Kier molecular flexibility index (Phi) is 7.05. The van der Waals surface area contributed by atoms with Crippen LogP contribution in [0, 0.1) is 0 Å². The van der Waals surface area contributed by atoms with Crippen LogP contribution in [-0.4, -0.2) is 23.9 Å². The topological polar surface area (TPSA) is 84.2 Å². The normalized spacial score (nSPS) is 12.5. The molecule has 0 spiro atoms. The van der Waals surface area contributed by atoms with Gasteiger partial charge in [0.25, 0.3) is 0 Å². The van der Waals surface area contributed by atoms with E-state index >= 15 is 0 Å². The molecule has 0 aliphatic heterocycles. The lowest BCUT2D eigenvalue weighted by molar-refractivity contribution is -0.124. The molecule has 0 saturated carbocycles. The summed E-state index contributed by atoms with van der Waals surface area (Å²) in [5.41, 5.74) is 6.36. The average molecular weight is 305 g/mol. The van der Waals surface area contributed by atoms with Gasteiger partial charge in [-0.1, -0.05) is 44.2 Å². The van der Waals surface area contributed by atoms with Crippen molar-refractivity contribution in [3.8, 4) is 0 Å². The maximum Gasteiger partial charge on any atom is 0.222 e. The first-order valence-corrected chi connectivity index (χ1v) is 7.79. The second-order valence-electron chi connectivity index (χ2n) is 5.61. The molecule has 5 heteroatoms. The van der Waals surface area contributed by atoms with Crippen LogP contribution >= 0.6 is 0 Å². The highest BCUT2D eigenvalue weighted by Gasteiger charge is 2.27. The Hall–Kier alpha value is -1.88. The minimum atomic E-state index is -0.367. The third-order valence-corrected chi connectivity index (χ3v) is 4.12. The lowest BCUT2D eigenvalue weighted by atomic mass is 9.92. The van der Waals surface area contributed by atoms with E-state index in [0.29, 0.717) is 6.54 Å². The molecule has 1 rings (SSSR count). The molecule has 22 heavy (non-hydrogen) atoms. The first kappa shape index (κ1) is 18.2. The van der Waals surface area contributed by atoms with Crippen molar-refractivity contribution in [3.63, 3.8) is 0 Å². The van der Waals surface area contributed by atoms with Gasteiger partial charge in [0.2, 0.25) is 11.8 Å². The zero-order valence-corrected chi connectivity index (χ0v) is 13.7. The molecule has 2 amide bonds. The highest BCUT2D eigenvalue weighted by atomic mass is 16.2. The van der Waals surface area contributed by atoms with Crippen molar-refractivity contribution < 1.29 is 9.59 Å². The lowest BCUT2D eigenvalue weighted by Crippen LogP contribution is -2.53. The molecule has 1 aromatic rings. The van der Waals surface area contributed by atoms with Crippen LogP contribution < -0.4 is 16.4 Å². The van der Waals surface area contributed by atoms with Crippen molar-refractivity contribution in [3.05, 3.63) is 35.9 Å². The van der Waals surface area contributed by atoms with Gasteiger partial charge in [0.15, 0.2) is 0 Å². The molecule has 1 atom stereocenters. The van der Waals surface area contributed by atoms with E-state index in [1.54, 1.807) is 0 Å². The average Bonchev–Trinajstić information content (AvgIpc) is 2.52. The van der Waals surface area contributed by atoms with E-state index < -0.39 is 0 Å². The van der Waals surface area contributed by atoms with Gasteiger partial charge in [-0.2, -0.15) is 0 Å². The van der Waals surface area contributed by atoms with Gasteiger partial charge in [-0.15, -0.1) is 0 Å². The second-order valence-corrected chi connectivity index (χ2v) is 5.61. The first-order chi connectivity index (χ1) is 10.5. The smallest absolute Gasteiger partial charge is 0.222 e. The van der Waals surface area contributed by atoms with Crippen LogP contribution in [0.4, 0.5) is 0 Å². The molecule has 1 unspecified atom stereocenters. The summed E-state index contributed by atoms with van der Waals surface area (Å²) in [7, 11) is 0. The van der Waals surface area contributed by atoms with E-state index in [2.05, 4.69) is 10.6 Å². The molecule has 0 aliphatic carbocycles. The van der Waals surface area contributed by atoms with Gasteiger partial charge in [0.1, 0.15) is 0 Å². The Balaban J connectivity index is 2.81. The fourth-order valence-corrected chi connectivity index (χ4v) is 2.48. The Morgan fingerprint density at radius 3 is 2.23 bits per heavy atom. The van der Waals surface area contributed by atoms with E-state index in [-0.39, 0.29) is 29.8 Å². The number of rotatable bonds is 8. The molecule has 5 nitrogen and oxygen atoms in total. The molecule has 0 bridgehead atoms. The maximum absolute atomic E-state index is 12.4. The summed E-state index contributed by atoms with van der Waals surface area (Å²) < 4.78 is 0. The maximum atomic E-state index is 12.4. The van der Waals surface area contributed by atoms with Crippen LogP contribution in [0.25, 0.3) is 0 Å². The van der Waals surface area contributed by atoms with Crippen LogP contribution in [0.5, 0.6) is 0 Å². The van der Waals surface area contributed by atoms with Crippen molar-refractivity contribution in [1.29, 1.82) is 0 Å². The number of amides is 2. The molecule has 0 fully saturated rings. The van der Waals surface area contributed by atoms with Crippen molar-refractivity contribution in [2.75, 3.05) is 6.54 Å². The number of nitrogens with two attached hydrogens (primary N) is 1. The summed E-state index contributed by atoms with van der Waals surface area (Å²) in [4.78, 5) is 23.8. The number of carbonyl (C=O) groups excluding carboxylic acids is 2. The Bertz CT molecular complexity index is 476. The molecule has 1 aromatic carbocycles. The SMILES string of the molecule is CCC(CC)(CN)NC(=O)CC(NC(C)=O)c1ccccc1. The zero-order valence-electron chi connectivity index (χ0n) is 13.7. The highest BCUT2D eigenvalue weighted by molar-refractivity contribution is 5.79. The second kappa shape index (κ2) is 8.54. The molecular weight excluding hydrogens is 278 g/mol. The number of nitrogens with one attached hydrogen (secondary N) is 2. The van der Waals surface area contributed by atoms with Gasteiger partial charge in [-0.3, -0.25) is 9.59 Å². The van der Waals surface area contributed by atoms with Crippen LogP contribution in [0.2, 0.25) is 0 Å². The predicted molar refractivity (Wildman–Crippen MR) is 88.1 cm³/mol. The number of benzene rings is 1. The molecule has 0 aromatic heterocycles. The summed E-state index contributed by atoms with van der Waals surface area (Å²) in [5, 5.41) is 5.87.